The van der Waals surface area contributed by atoms with E-state index in [0.717, 1.165) is 5.56 Å². The van der Waals surface area contributed by atoms with Gasteiger partial charge in [0.25, 0.3) is 0 Å². The average molecular weight is 336 g/mol. The number of hydrogen-bond acceptors (Lipinski definition) is 1. The van der Waals surface area contributed by atoms with Crippen LogP contribution in [0.15, 0.2) is 97.3 Å². The van der Waals surface area contributed by atoms with Crippen molar-refractivity contribution in [2.75, 3.05) is 7.11 Å². The van der Waals surface area contributed by atoms with E-state index in [9.17, 15) is 0 Å². The first-order valence-corrected chi connectivity index (χ1v) is 8.74. The van der Waals surface area contributed by atoms with Crippen LogP contribution in [0.2, 0.25) is 0 Å². The highest BCUT2D eigenvalue weighted by molar-refractivity contribution is 6.01. The fraction of sp³-hybridized carbons (Fsp3) is 0.0400. The van der Waals surface area contributed by atoms with Crippen LogP contribution in [-0.2, 0) is 4.74 Å². The number of methoxy groups -OCH3 is 1. The van der Waals surface area contributed by atoms with Crippen molar-refractivity contribution in [3.05, 3.63) is 103 Å². The van der Waals surface area contributed by atoms with Gasteiger partial charge < -0.3 is 4.74 Å². The van der Waals surface area contributed by atoms with Gasteiger partial charge >= 0.3 is 0 Å². The molecule has 0 saturated carbocycles. The predicted molar refractivity (Wildman–Crippen MR) is 111 cm³/mol. The van der Waals surface area contributed by atoms with Crippen molar-refractivity contribution in [1.82, 2.24) is 0 Å². The number of hydrogen-bond donors (Lipinski definition) is 0. The largest absolute Gasteiger partial charge is 0.504 e. The molecule has 0 N–H and O–H groups in total. The molecule has 0 radical (unpaired) electrons. The molecule has 0 amide bonds. The van der Waals surface area contributed by atoms with Crippen LogP contribution in [0.5, 0.6) is 0 Å². The van der Waals surface area contributed by atoms with Crippen LogP contribution in [0.4, 0.5) is 0 Å². The molecule has 1 nitrogen and oxygen atoms in total. The molecule has 1 heteroatoms. The normalized spacial score (nSPS) is 11.1. The molecule has 26 heavy (non-hydrogen) atoms. The molecule has 0 bridgehead atoms. The van der Waals surface area contributed by atoms with Crippen molar-refractivity contribution in [3.63, 3.8) is 0 Å². The molecule has 0 heterocycles. The van der Waals surface area contributed by atoms with E-state index in [1.54, 1.807) is 13.4 Å². The Morgan fingerprint density at radius 2 is 1.15 bits per heavy atom. The Labute approximate surface area is 154 Å². The Hall–Kier alpha value is -3.32. The molecule has 0 atom stereocenters. The van der Waals surface area contributed by atoms with Gasteiger partial charge in [-0.2, -0.15) is 0 Å². The van der Waals surface area contributed by atoms with Crippen LogP contribution in [-0.4, -0.2) is 7.11 Å². The molecule has 0 fully saturated rings. The highest BCUT2D eigenvalue weighted by Gasteiger charge is 2.11. The SMILES string of the molecule is CO/C=C/c1ccccc1-c1ccccc1-c1cccc2ccccc12. The summed E-state index contributed by atoms with van der Waals surface area (Å²) in [6.45, 7) is 0. The molecule has 0 aliphatic heterocycles. The standard InChI is InChI=1S/C25H20O/c1-26-18-17-20-10-3-5-13-22(20)23-14-6-7-15-25(23)24-16-8-11-19-9-2-4-12-21(19)24/h2-18H,1H3/b18-17+. The van der Waals surface area contributed by atoms with E-state index in [1.165, 1.54) is 33.0 Å². The zero-order valence-corrected chi connectivity index (χ0v) is 14.7. The fourth-order valence-corrected chi connectivity index (χ4v) is 3.44. The Morgan fingerprint density at radius 3 is 1.96 bits per heavy atom. The molecule has 4 rings (SSSR count). The van der Waals surface area contributed by atoms with E-state index < -0.39 is 0 Å². The van der Waals surface area contributed by atoms with Gasteiger partial charge in [0.2, 0.25) is 0 Å². The molecule has 0 aromatic heterocycles. The minimum atomic E-state index is 1.14. The summed E-state index contributed by atoms with van der Waals surface area (Å²) in [5, 5.41) is 2.53. The van der Waals surface area contributed by atoms with Crippen LogP contribution in [0.1, 0.15) is 5.56 Å². The van der Waals surface area contributed by atoms with E-state index >= 15 is 0 Å². The van der Waals surface area contributed by atoms with Crippen LogP contribution in [0, 0.1) is 0 Å². The van der Waals surface area contributed by atoms with Crippen molar-refractivity contribution in [2.24, 2.45) is 0 Å². The maximum atomic E-state index is 5.13. The Morgan fingerprint density at radius 1 is 0.577 bits per heavy atom. The second-order valence-electron chi connectivity index (χ2n) is 6.20. The Bertz CT molecular complexity index is 1070. The van der Waals surface area contributed by atoms with Crippen molar-refractivity contribution >= 4 is 16.8 Å². The van der Waals surface area contributed by atoms with Crippen molar-refractivity contribution in [3.8, 4) is 22.3 Å². The van der Waals surface area contributed by atoms with Gasteiger partial charge in [0.1, 0.15) is 0 Å². The molecule has 4 aromatic carbocycles. The first-order valence-electron chi connectivity index (χ1n) is 8.74. The summed E-state index contributed by atoms with van der Waals surface area (Å²) in [7, 11) is 1.67. The third-order valence-corrected chi connectivity index (χ3v) is 4.64. The van der Waals surface area contributed by atoms with Gasteiger partial charge in [-0.3, -0.25) is 0 Å². The van der Waals surface area contributed by atoms with E-state index in [2.05, 4.69) is 91.0 Å². The number of rotatable bonds is 4. The smallest absolute Gasteiger partial charge is 0.0830 e. The van der Waals surface area contributed by atoms with Crippen LogP contribution in [0.3, 0.4) is 0 Å². The Kier molecular flexibility index (Phi) is 4.53. The van der Waals surface area contributed by atoms with Crippen molar-refractivity contribution in [2.45, 2.75) is 0 Å². The quantitative estimate of drug-likeness (QED) is 0.373. The third kappa shape index (κ3) is 3.00. The van der Waals surface area contributed by atoms with Gasteiger partial charge in [0, 0.05) is 0 Å². The number of ether oxygens (including phenoxy) is 1. The van der Waals surface area contributed by atoms with Gasteiger partial charge in [0.15, 0.2) is 0 Å². The third-order valence-electron chi connectivity index (χ3n) is 4.64. The maximum Gasteiger partial charge on any atom is 0.0830 e. The van der Waals surface area contributed by atoms with Crippen LogP contribution < -0.4 is 0 Å². The first kappa shape index (κ1) is 16.2. The zero-order valence-electron chi connectivity index (χ0n) is 14.7. The maximum absolute atomic E-state index is 5.13. The molecular formula is C25H20O. The van der Waals surface area contributed by atoms with Crippen molar-refractivity contribution < 1.29 is 4.74 Å². The molecule has 4 aromatic rings. The highest BCUT2D eigenvalue weighted by Crippen LogP contribution is 2.37. The minimum Gasteiger partial charge on any atom is -0.504 e. The summed E-state index contributed by atoms with van der Waals surface area (Å²) in [4.78, 5) is 0. The van der Waals surface area contributed by atoms with Crippen molar-refractivity contribution in [1.29, 1.82) is 0 Å². The second-order valence-corrected chi connectivity index (χ2v) is 6.20. The Balaban J connectivity index is 1.96. The van der Waals surface area contributed by atoms with Gasteiger partial charge in [-0.25, -0.2) is 0 Å². The van der Waals surface area contributed by atoms with Gasteiger partial charge in [-0.05, 0) is 44.7 Å². The minimum absolute atomic E-state index is 1.14. The lowest BCUT2D eigenvalue weighted by Crippen LogP contribution is -1.89. The van der Waals surface area contributed by atoms with Gasteiger partial charge in [0.05, 0.1) is 13.4 Å². The molecule has 0 saturated heterocycles. The lowest BCUT2D eigenvalue weighted by atomic mass is 9.89. The van der Waals surface area contributed by atoms with E-state index in [0.29, 0.717) is 0 Å². The number of fused-ring (bicyclic) bond motifs is 1. The van der Waals surface area contributed by atoms with E-state index in [-0.39, 0.29) is 0 Å². The first-order chi connectivity index (χ1) is 12.9. The van der Waals surface area contributed by atoms with Gasteiger partial charge in [-0.1, -0.05) is 91.0 Å². The summed E-state index contributed by atoms with van der Waals surface area (Å²) >= 11 is 0. The highest BCUT2D eigenvalue weighted by atomic mass is 16.5. The molecule has 0 aliphatic carbocycles. The van der Waals surface area contributed by atoms with E-state index in [1.807, 2.05) is 6.08 Å². The summed E-state index contributed by atoms with van der Waals surface area (Å²) < 4.78 is 5.13. The summed E-state index contributed by atoms with van der Waals surface area (Å²) in [6.07, 6.45) is 3.73. The van der Waals surface area contributed by atoms with E-state index in [4.69, 9.17) is 4.74 Å². The predicted octanol–water partition coefficient (Wildman–Crippen LogP) is 6.79. The molecule has 126 valence electrons. The monoisotopic (exact) mass is 336 g/mol. The fourth-order valence-electron chi connectivity index (χ4n) is 3.44. The molecule has 0 unspecified atom stereocenters. The van der Waals surface area contributed by atoms with Gasteiger partial charge in [-0.15, -0.1) is 0 Å². The summed E-state index contributed by atoms with van der Waals surface area (Å²) in [6, 6.07) is 32.1. The van der Waals surface area contributed by atoms with Crippen LogP contribution in [0.25, 0.3) is 39.1 Å². The topological polar surface area (TPSA) is 9.23 Å². The average Bonchev–Trinajstić information content (AvgIpc) is 2.72. The lowest BCUT2D eigenvalue weighted by molar-refractivity contribution is 0.341. The van der Waals surface area contributed by atoms with Crippen LogP contribution >= 0.6 is 0 Å². The lowest BCUT2D eigenvalue weighted by Gasteiger charge is -2.14. The summed E-state index contributed by atoms with van der Waals surface area (Å²) in [5.74, 6) is 0. The second kappa shape index (κ2) is 7.28. The molecule has 0 spiro atoms. The summed E-state index contributed by atoms with van der Waals surface area (Å²) in [5.41, 5.74) is 6.05. The number of benzene rings is 4. The molecule has 0 aliphatic rings. The molecular weight excluding hydrogens is 316 g/mol. The zero-order chi connectivity index (χ0) is 17.8.